The minimum absolute atomic E-state index is 0.0364. The predicted octanol–water partition coefficient (Wildman–Crippen LogP) is 2.78. The number of likely N-dealkylation sites (tertiary alicyclic amines) is 1. The van der Waals surface area contributed by atoms with Crippen molar-refractivity contribution in [1.82, 2.24) is 14.9 Å². The van der Waals surface area contributed by atoms with Gasteiger partial charge < -0.3 is 10.6 Å². The van der Waals surface area contributed by atoms with Crippen LogP contribution in [0.5, 0.6) is 0 Å². The average Bonchev–Trinajstić information content (AvgIpc) is 3.00. The lowest BCUT2D eigenvalue weighted by Gasteiger charge is -2.40. The minimum Gasteiger partial charge on any atom is -0.368 e. The number of nitrogen functional groups attached to an aromatic ring is 1. The van der Waals surface area contributed by atoms with Crippen molar-refractivity contribution < 1.29 is 13.6 Å². The van der Waals surface area contributed by atoms with E-state index in [1.165, 1.54) is 6.07 Å². The van der Waals surface area contributed by atoms with Crippen LogP contribution in [-0.4, -0.2) is 33.9 Å². The maximum Gasteiger partial charge on any atom is 0.222 e. The van der Waals surface area contributed by atoms with E-state index in [0.717, 1.165) is 49.1 Å². The molecule has 1 amide bonds. The van der Waals surface area contributed by atoms with E-state index in [2.05, 4.69) is 9.97 Å². The molecule has 0 bridgehead atoms. The summed E-state index contributed by atoms with van der Waals surface area (Å²) in [6.07, 6.45) is 6.24. The number of piperidine rings is 1. The van der Waals surface area contributed by atoms with Gasteiger partial charge in [-0.05, 0) is 55.4 Å². The highest BCUT2D eigenvalue weighted by atomic mass is 19.2. The van der Waals surface area contributed by atoms with Crippen LogP contribution in [-0.2, 0) is 23.1 Å². The van der Waals surface area contributed by atoms with Crippen LogP contribution >= 0.6 is 0 Å². The van der Waals surface area contributed by atoms with E-state index in [-0.39, 0.29) is 23.7 Å². The third-order valence-corrected chi connectivity index (χ3v) is 5.80. The van der Waals surface area contributed by atoms with Gasteiger partial charge >= 0.3 is 0 Å². The smallest absolute Gasteiger partial charge is 0.222 e. The average molecular weight is 372 g/mol. The highest BCUT2D eigenvalue weighted by molar-refractivity contribution is 5.76. The number of aryl methyl sites for hydroxylation is 2. The number of halogens is 2. The van der Waals surface area contributed by atoms with E-state index < -0.39 is 11.6 Å². The van der Waals surface area contributed by atoms with Crippen molar-refractivity contribution in [2.24, 2.45) is 0 Å². The molecule has 1 unspecified atom stereocenters. The Hall–Kier alpha value is -2.57. The topological polar surface area (TPSA) is 72.1 Å². The number of anilines is 1. The van der Waals surface area contributed by atoms with Crippen molar-refractivity contribution in [1.29, 1.82) is 0 Å². The molecule has 2 N–H and O–H groups in total. The van der Waals surface area contributed by atoms with Crippen molar-refractivity contribution >= 4 is 11.9 Å². The summed E-state index contributed by atoms with van der Waals surface area (Å²) in [6.45, 7) is 1.35. The van der Waals surface area contributed by atoms with E-state index >= 15 is 0 Å². The van der Waals surface area contributed by atoms with Crippen molar-refractivity contribution in [2.75, 3.05) is 18.8 Å². The first-order valence-corrected chi connectivity index (χ1v) is 9.30. The largest absolute Gasteiger partial charge is 0.368 e. The molecule has 1 aromatic heterocycles. The van der Waals surface area contributed by atoms with Gasteiger partial charge in [-0.2, -0.15) is 0 Å². The molecular weight excluding hydrogens is 350 g/mol. The van der Waals surface area contributed by atoms with E-state index in [9.17, 15) is 13.6 Å². The molecule has 27 heavy (non-hydrogen) atoms. The summed E-state index contributed by atoms with van der Waals surface area (Å²) in [7, 11) is 0. The Balaban J connectivity index is 1.45. The Morgan fingerprint density at radius 1 is 1.26 bits per heavy atom. The second-order valence-electron chi connectivity index (χ2n) is 7.55. The summed E-state index contributed by atoms with van der Waals surface area (Å²) in [4.78, 5) is 23.2. The molecule has 0 radical (unpaired) electrons. The quantitative estimate of drug-likeness (QED) is 0.899. The molecule has 1 aliphatic heterocycles. The molecule has 5 nitrogen and oxygen atoms in total. The lowest BCUT2D eigenvalue weighted by molar-refractivity contribution is -0.133. The van der Waals surface area contributed by atoms with Gasteiger partial charge in [0.2, 0.25) is 11.9 Å². The van der Waals surface area contributed by atoms with Gasteiger partial charge in [-0.15, -0.1) is 0 Å². The third-order valence-electron chi connectivity index (χ3n) is 5.80. The van der Waals surface area contributed by atoms with Crippen LogP contribution in [0.2, 0.25) is 0 Å². The van der Waals surface area contributed by atoms with Crippen LogP contribution < -0.4 is 5.73 Å². The number of benzene rings is 1. The van der Waals surface area contributed by atoms with Crippen molar-refractivity contribution in [3.63, 3.8) is 0 Å². The predicted molar refractivity (Wildman–Crippen MR) is 96.9 cm³/mol. The fourth-order valence-electron chi connectivity index (χ4n) is 4.40. The SMILES string of the molecule is Nc1ncc2c(n1)C1(CCCN(C(=O)CCc3ccc(F)c(F)c3)C1)CC2. The van der Waals surface area contributed by atoms with E-state index in [4.69, 9.17) is 5.73 Å². The fraction of sp³-hybridized carbons (Fsp3) is 0.450. The second kappa shape index (κ2) is 6.87. The van der Waals surface area contributed by atoms with Gasteiger partial charge in [-0.25, -0.2) is 18.7 Å². The Kier molecular flexibility index (Phi) is 4.53. The number of nitrogens with zero attached hydrogens (tertiary/aromatic N) is 3. The summed E-state index contributed by atoms with van der Waals surface area (Å²) in [5, 5.41) is 0. The molecule has 1 aliphatic carbocycles. The monoisotopic (exact) mass is 372 g/mol. The molecule has 1 saturated heterocycles. The molecule has 1 spiro atoms. The standard InChI is InChI=1S/C20H22F2N4O/c21-15-4-2-13(10-16(15)22)3-5-17(27)26-9-1-7-20(12-26)8-6-14-11-24-19(23)25-18(14)20/h2,4,10-11H,1,3,5-9,12H2,(H2,23,24,25). The molecular formula is C20H22F2N4O. The van der Waals surface area contributed by atoms with Gasteiger partial charge in [0, 0.05) is 31.1 Å². The van der Waals surface area contributed by atoms with Crippen molar-refractivity contribution in [3.8, 4) is 0 Å². The van der Waals surface area contributed by atoms with Gasteiger partial charge in [-0.1, -0.05) is 6.07 Å². The van der Waals surface area contributed by atoms with Crippen LogP contribution in [0.3, 0.4) is 0 Å². The Morgan fingerprint density at radius 3 is 2.93 bits per heavy atom. The molecule has 7 heteroatoms. The van der Waals surface area contributed by atoms with Gasteiger partial charge in [-0.3, -0.25) is 4.79 Å². The Morgan fingerprint density at radius 2 is 2.11 bits per heavy atom. The summed E-state index contributed by atoms with van der Waals surface area (Å²) in [6, 6.07) is 3.79. The molecule has 1 fully saturated rings. The minimum atomic E-state index is -0.878. The number of rotatable bonds is 3. The second-order valence-corrected chi connectivity index (χ2v) is 7.55. The molecule has 2 aliphatic rings. The highest BCUT2D eigenvalue weighted by Gasteiger charge is 2.44. The number of carbonyl (C=O) groups is 1. The summed E-state index contributed by atoms with van der Waals surface area (Å²) < 4.78 is 26.4. The number of hydrogen-bond donors (Lipinski definition) is 1. The maximum absolute atomic E-state index is 13.3. The summed E-state index contributed by atoms with van der Waals surface area (Å²) in [5.74, 6) is -1.44. The number of carbonyl (C=O) groups excluding carboxylic acids is 1. The zero-order chi connectivity index (χ0) is 19.0. The number of nitrogens with two attached hydrogens (primary N) is 1. The lowest BCUT2D eigenvalue weighted by atomic mass is 9.77. The molecule has 4 rings (SSSR count). The molecule has 1 atom stereocenters. The first-order chi connectivity index (χ1) is 13.0. The maximum atomic E-state index is 13.3. The number of fused-ring (bicyclic) bond motifs is 2. The van der Waals surface area contributed by atoms with E-state index in [1.54, 1.807) is 6.20 Å². The Labute approximate surface area is 156 Å². The van der Waals surface area contributed by atoms with Gasteiger partial charge in [0.1, 0.15) is 0 Å². The van der Waals surface area contributed by atoms with Crippen molar-refractivity contribution in [2.45, 2.75) is 43.9 Å². The fourth-order valence-corrected chi connectivity index (χ4v) is 4.40. The van der Waals surface area contributed by atoms with Crippen LogP contribution in [0.4, 0.5) is 14.7 Å². The van der Waals surface area contributed by atoms with Crippen LogP contribution in [0, 0.1) is 11.6 Å². The molecule has 142 valence electrons. The normalized spacial score (nSPS) is 21.5. The molecule has 1 aromatic carbocycles. The molecule has 0 saturated carbocycles. The molecule has 2 aromatic rings. The lowest BCUT2D eigenvalue weighted by Crippen LogP contribution is -2.48. The zero-order valence-electron chi connectivity index (χ0n) is 15.0. The van der Waals surface area contributed by atoms with Gasteiger partial charge in [0.25, 0.3) is 0 Å². The first-order valence-electron chi connectivity index (χ1n) is 9.30. The zero-order valence-corrected chi connectivity index (χ0v) is 15.0. The van der Waals surface area contributed by atoms with Crippen molar-refractivity contribution in [3.05, 3.63) is 52.9 Å². The first kappa shape index (κ1) is 17.8. The van der Waals surface area contributed by atoms with Crippen LogP contribution in [0.1, 0.15) is 42.5 Å². The van der Waals surface area contributed by atoms with Gasteiger partial charge in [0.15, 0.2) is 11.6 Å². The Bertz CT molecular complexity index is 884. The van der Waals surface area contributed by atoms with E-state index in [1.807, 2.05) is 4.90 Å². The van der Waals surface area contributed by atoms with Crippen LogP contribution in [0.15, 0.2) is 24.4 Å². The highest BCUT2D eigenvalue weighted by Crippen LogP contribution is 2.44. The summed E-state index contributed by atoms with van der Waals surface area (Å²) in [5.41, 5.74) is 8.40. The van der Waals surface area contributed by atoms with Gasteiger partial charge in [0.05, 0.1) is 5.69 Å². The summed E-state index contributed by atoms with van der Waals surface area (Å²) >= 11 is 0. The third kappa shape index (κ3) is 3.38. The van der Waals surface area contributed by atoms with Crippen LogP contribution in [0.25, 0.3) is 0 Å². The molecule has 2 heterocycles. The van der Waals surface area contributed by atoms with E-state index in [0.29, 0.717) is 25.1 Å². The number of aromatic nitrogens is 2. The number of hydrogen-bond acceptors (Lipinski definition) is 4. The number of amides is 1.